The molecule has 0 spiro atoms. The van der Waals surface area contributed by atoms with Gasteiger partial charge in [0.15, 0.2) is 0 Å². The fraction of sp³-hybridized carbons (Fsp3) is 0.0323. The number of benzene rings is 20. The Morgan fingerprint density at radius 2 is 0.580 bits per heavy atom. The van der Waals surface area contributed by atoms with Crippen molar-refractivity contribution in [1.82, 2.24) is 9.13 Å². The zero-order valence-electron chi connectivity index (χ0n) is 87.2. The van der Waals surface area contributed by atoms with Crippen molar-refractivity contribution in [3.05, 3.63) is 454 Å². The molecule has 0 bridgehead atoms. The van der Waals surface area contributed by atoms with Crippen LogP contribution in [0.3, 0.4) is 0 Å². The van der Waals surface area contributed by atoms with Crippen LogP contribution in [0, 0.1) is 0 Å². The smallest absolute Gasteiger partial charge is 0.252 e. The molecular formula is C124H83BN4O2. The zero-order chi connectivity index (χ0) is 101. The van der Waals surface area contributed by atoms with Crippen molar-refractivity contribution in [3.8, 4) is 112 Å². The molecule has 6 nitrogen and oxygen atoms in total. The number of rotatable bonds is 13. The molecule has 614 valence electrons. The van der Waals surface area contributed by atoms with Gasteiger partial charge in [0.1, 0.15) is 22.3 Å². The molecule has 0 atom stereocenters. The second kappa shape index (κ2) is 30.0. The molecule has 0 aliphatic carbocycles. The first-order valence-electron chi connectivity index (χ1n) is 52.1. The largest absolute Gasteiger partial charge is 0.456 e. The van der Waals surface area contributed by atoms with Gasteiger partial charge in [-0.2, -0.15) is 0 Å². The second-order valence-corrected chi connectivity index (χ2v) is 34.9. The van der Waals surface area contributed by atoms with Gasteiger partial charge in [-0.1, -0.05) is 348 Å². The van der Waals surface area contributed by atoms with Gasteiger partial charge in [0.25, 0.3) is 6.71 Å². The summed E-state index contributed by atoms with van der Waals surface area (Å²) in [6.07, 6.45) is 0. The van der Waals surface area contributed by atoms with Crippen LogP contribution in [-0.2, 0) is 5.41 Å². The van der Waals surface area contributed by atoms with Crippen molar-refractivity contribution in [3.63, 3.8) is 0 Å². The maximum absolute atomic E-state index is 10.2. The highest BCUT2D eigenvalue weighted by Crippen LogP contribution is 2.58. The molecule has 24 aromatic rings. The Hall–Kier alpha value is -16.7. The third-order valence-electron chi connectivity index (χ3n) is 26.5. The van der Waals surface area contributed by atoms with Crippen molar-refractivity contribution in [2.24, 2.45) is 0 Å². The Balaban J connectivity index is 0.912. The van der Waals surface area contributed by atoms with Crippen LogP contribution >= 0.6 is 0 Å². The quantitative estimate of drug-likeness (QED) is 0.108. The van der Waals surface area contributed by atoms with Gasteiger partial charge < -0.3 is 27.8 Å². The van der Waals surface area contributed by atoms with Gasteiger partial charge in [-0.15, -0.1) is 0 Å². The number of para-hydroxylation sites is 6. The number of nitrogens with zero attached hydrogens (tertiary/aromatic N) is 4. The van der Waals surface area contributed by atoms with E-state index >= 15 is 0 Å². The average molecular weight is 1690 g/mol. The molecular weight excluding hydrogens is 1590 g/mol. The van der Waals surface area contributed by atoms with Crippen LogP contribution in [0.1, 0.15) is 48.3 Å². The lowest BCUT2D eigenvalue weighted by atomic mass is 9.33. The van der Waals surface area contributed by atoms with E-state index in [1.165, 1.54) is 0 Å². The lowest BCUT2D eigenvalue weighted by Crippen LogP contribution is -2.61. The highest BCUT2D eigenvalue weighted by atomic mass is 16.3. The number of fused-ring (bicyclic) bond motifs is 16. The Morgan fingerprint density at radius 1 is 0.244 bits per heavy atom. The molecule has 20 aromatic carbocycles. The molecule has 6 heterocycles. The molecule has 0 saturated carbocycles. The van der Waals surface area contributed by atoms with Crippen molar-refractivity contribution in [2.75, 3.05) is 9.80 Å². The fourth-order valence-electron chi connectivity index (χ4n) is 20.8. The molecule has 0 saturated heterocycles. The number of anilines is 6. The van der Waals surface area contributed by atoms with Crippen LogP contribution in [0.25, 0.3) is 199 Å². The predicted molar refractivity (Wildman–Crippen MR) is 551 cm³/mol. The zero-order valence-corrected chi connectivity index (χ0v) is 71.2. The molecule has 7 heteroatoms. The molecule has 0 amide bonds. The fourth-order valence-corrected chi connectivity index (χ4v) is 20.8. The summed E-state index contributed by atoms with van der Waals surface area (Å²) >= 11 is 0. The van der Waals surface area contributed by atoms with Crippen LogP contribution in [0.4, 0.5) is 34.1 Å². The van der Waals surface area contributed by atoms with Gasteiger partial charge in [0.05, 0.1) is 55.4 Å². The standard InChI is InChI=1S/C124H83BN4O2/c1-124(2,3)104-55-23-16-46-91(104)88-74-113-121-114(75-88)129(123-101(85-45-31-43-83(69-85)79-36-10-5-11-37-79)71-87(81-40-14-7-15-41-81)73-103(123)97-54-33-63-118-120(97)99-52-22-29-61-116(99)131-118)112-77-90(127-109-58-26-19-49-94(109)95-50-20-27-59-110(95)127)65-67-106(112)125(121)105-66-64-89(126-107-56-24-17-47-92(107)93-48-18-25-57-108(93)126)76-111(105)128(113)122-100(84-44-30-42-82(68-84)78-34-8-4-9-35-78)70-86(80-38-12-6-13-39-80)72-102(122)96-53-32-62-117-119(96)98-51-21-28-60-115(98)130-117/h4-77H,1-3H3/i17D,18D,19D,20D,24D,25D,26D,27D,47D,48D,49D,50D,56D,57D,58D,59D. The summed E-state index contributed by atoms with van der Waals surface area (Å²) in [6.45, 7) is 5.67. The minimum atomic E-state index is -0.945. The normalized spacial score (nSPS) is 14.2. The Labute approximate surface area is 781 Å². The van der Waals surface area contributed by atoms with Gasteiger partial charge in [-0.25, -0.2) is 0 Å². The maximum atomic E-state index is 10.2. The van der Waals surface area contributed by atoms with E-state index in [-0.39, 0.29) is 55.0 Å². The molecule has 0 unspecified atom stereocenters. The van der Waals surface area contributed by atoms with E-state index in [1.54, 1.807) is 9.13 Å². The summed E-state index contributed by atoms with van der Waals surface area (Å²) in [6, 6.07) is 112. The first-order valence-corrected chi connectivity index (χ1v) is 44.1. The van der Waals surface area contributed by atoms with Gasteiger partial charge in [0, 0.05) is 99.5 Å². The first kappa shape index (κ1) is 60.8. The summed E-state index contributed by atoms with van der Waals surface area (Å²) in [5.41, 5.74) is 23.8. The average Bonchev–Trinajstić information content (AvgIpc) is 1.32. The van der Waals surface area contributed by atoms with Crippen molar-refractivity contribution in [2.45, 2.75) is 26.2 Å². The Bertz CT molecular complexity index is 9160. The summed E-state index contributed by atoms with van der Waals surface area (Å²) in [7, 11) is 0. The van der Waals surface area contributed by atoms with Gasteiger partial charge in [-0.3, -0.25) is 0 Å². The van der Waals surface area contributed by atoms with Gasteiger partial charge >= 0.3 is 0 Å². The molecule has 26 rings (SSSR count). The van der Waals surface area contributed by atoms with Crippen molar-refractivity contribution in [1.29, 1.82) is 0 Å². The number of aromatic nitrogens is 2. The minimum absolute atomic E-state index is 0.0943. The van der Waals surface area contributed by atoms with E-state index in [0.717, 1.165) is 133 Å². The monoisotopic (exact) mass is 1690 g/mol. The number of hydrogen-bond acceptors (Lipinski definition) is 4. The van der Waals surface area contributed by atoms with E-state index in [9.17, 15) is 21.9 Å². The van der Waals surface area contributed by atoms with E-state index in [0.29, 0.717) is 67.4 Å². The van der Waals surface area contributed by atoms with Crippen molar-refractivity contribution < 1.29 is 30.8 Å². The summed E-state index contributed by atoms with van der Waals surface area (Å²) in [4.78, 5) is 4.73. The number of furan rings is 2. The first-order chi connectivity index (χ1) is 71.3. The molecule has 2 aliphatic rings. The lowest BCUT2D eigenvalue weighted by molar-refractivity contribution is 0.592. The lowest BCUT2D eigenvalue weighted by Gasteiger charge is -2.46. The Morgan fingerprint density at radius 3 is 1.00 bits per heavy atom. The highest BCUT2D eigenvalue weighted by molar-refractivity contribution is 7.00. The van der Waals surface area contributed by atoms with E-state index in [1.807, 2.05) is 170 Å². The van der Waals surface area contributed by atoms with Crippen molar-refractivity contribution >= 4 is 145 Å². The maximum Gasteiger partial charge on any atom is 0.252 e. The number of hydrogen-bond donors (Lipinski definition) is 0. The van der Waals surface area contributed by atoms with Crippen LogP contribution in [0.2, 0.25) is 0 Å². The van der Waals surface area contributed by atoms with Gasteiger partial charge in [-0.05, 0) is 226 Å². The van der Waals surface area contributed by atoms with Crippen LogP contribution in [0.15, 0.2) is 457 Å². The highest BCUT2D eigenvalue weighted by Gasteiger charge is 2.47. The van der Waals surface area contributed by atoms with E-state index in [2.05, 4.69) is 213 Å². The molecule has 0 fully saturated rings. The van der Waals surface area contributed by atoms with E-state index < -0.39 is 109 Å². The van der Waals surface area contributed by atoms with Crippen LogP contribution in [-0.4, -0.2) is 15.8 Å². The summed E-state index contributed by atoms with van der Waals surface area (Å²) in [5.74, 6) is 0. The SMILES string of the molecule is [2H]c1c([2H])c([2H])c2c(c1[2H])c1c([2H])c([2H])c([2H])c([2H])c1n2-c1ccc2c(c1)N(c1c(-c3cccc(-c4ccccc4)c3)cc(-c3ccccc3)cc1-c1cccc3oc4ccccc4c13)c1cc(-c3ccccc3C(C)(C)C)cc3c1B2c1ccc(-n2c4c([2H])c([2H])c([2H])c([2H])c4c4c([2H])c([2H])c([2H])c([2H])c42)cc1N3c1c(-c2cccc(-c3ccccc3)c2)cc(-c2ccccc2)cc1-c1cccc2oc3ccccc3c12. The molecule has 0 radical (unpaired) electrons. The second-order valence-electron chi connectivity index (χ2n) is 34.9. The molecule has 0 N–H and O–H groups in total. The van der Waals surface area contributed by atoms with Gasteiger partial charge in [0.2, 0.25) is 0 Å². The third-order valence-corrected chi connectivity index (χ3v) is 26.5. The van der Waals surface area contributed by atoms with Crippen LogP contribution in [0.5, 0.6) is 0 Å². The van der Waals surface area contributed by atoms with E-state index in [4.69, 9.17) is 8.83 Å². The Kier molecular flexibility index (Phi) is 13.9. The topological polar surface area (TPSA) is 42.6 Å². The molecule has 4 aromatic heterocycles. The molecule has 131 heavy (non-hydrogen) atoms. The summed E-state index contributed by atoms with van der Waals surface area (Å²) in [5, 5.41) is 2.88. The van der Waals surface area contributed by atoms with Crippen LogP contribution < -0.4 is 26.2 Å². The predicted octanol–water partition coefficient (Wildman–Crippen LogP) is 32.1. The minimum Gasteiger partial charge on any atom is -0.456 e. The molecule has 2 aliphatic heterocycles. The summed E-state index contributed by atoms with van der Waals surface area (Å²) < 4.78 is 174. The third kappa shape index (κ3) is 12.1.